The Morgan fingerprint density at radius 3 is 2.77 bits per heavy atom. The second kappa shape index (κ2) is 5.10. The molecule has 74 valence electrons. The summed E-state index contributed by atoms with van der Waals surface area (Å²) in [6.45, 7) is 4.51. The van der Waals surface area contributed by atoms with E-state index in [4.69, 9.17) is 5.11 Å². The van der Waals surface area contributed by atoms with Crippen LogP contribution in [0, 0.1) is 0 Å². The van der Waals surface area contributed by atoms with Gasteiger partial charge in [-0.15, -0.1) is 11.3 Å². The molecule has 0 spiro atoms. The fraction of sp³-hybridized carbons (Fsp3) is 0.556. The van der Waals surface area contributed by atoms with Gasteiger partial charge in [0.15, 0.2) is 0 Å². The van der Waals surface area contributed by atoms with Gasteiger partial charge in [-0.2, -0.15) is 0 Å². The van der Waals surface area contributed by atoms with Crippen LogP contribution in [-0.4, -0.2) is 17.8 Å². The highest BCUT2D eigenvalue weighted by Crippen LogP contribution is 2.28. The summed E-state index contributed by atoms with van der Waals surface area (Å²) in [5, 5.41) is 14.4. The highest BCUT2D eigenvalue weighted by atomic mass is 79.9. The van der Waals surface area contributed by atoms with Gasteiger partial charge in [-0.1, -0.05) is 0 Å². The lowest BCUT2D eigenvalue weighted by Gasteiger charge is -2.14. The molecule has 1 aromatic rings. The van der Waals surface area contributed by atoms with E-state index in [0.29, 0.717) is 12.6 Å². The van der Waals surface area contributed by atoms with Crippen LogP contribution in [0.4, 0.5) is 0 Å². The Morgan fingerprint density at radius 2 is 2.31 bits per heavy atom. The summed E-state index contributed by atoms with van der Waals surface area (Å²) in [4.78, 5) is 1.28. The Labute approximate surface area is 91.1 Å². The van der Waals surface area contributed by atoms with E-state index in [1.54, 1.807) is 18.3 Å². The number of aliphatic hydroxyl groups is 1. The number of hydrogen-bond donors (Lipinski definition) is 2. The zero-order valence-electron chi connectivity index (χ0n) is 7.75. The Balaban J connectivity index is 2.49. The van der Waals surface area contributed by atoms with E-state index < -0.39 is 0 Å². The number of rotatable bonds is 4. The highest BCUT2D eigenvalue weighted by Gasteiger charge is 2.10. The molecule has 2 N–H and O–H groups in total. The van der Waals surface area contributed by atoms with Crippen molar-refractivity contribution >= 4 is 27.3 Å². The lowest BCUT2D eigenvalue weighted by molar-refractivity contribution is 0.187. The summed E-state index contributed by atoms with van der Waals surface area (Å²) in [7, 11) is 0. The van der Waals surface area contributed by atoms with Crippen LogP contribution in [0.15, 0.2) is 15.9 Å². The molecule has 0 aliphatic carbocycles. The fourth-order valence-electron chi connectivity index (χ4n) is 1.05. The van der Waals surface area contributed by atoms with Crippen molar-refractivity contribution in [2.45, 2.75) is 26.0 Å². The highest BCUT2D eigenvalue weighted by molar-refractivity contribution is 9.10. The lowest BCUT2D eigenvalue weighted by atomic mass is 10.2. The molecule has 2 nitrogen and oxygen atoms in total. The van der Waals surface area contributed by atoms with Crippen LogP contribution >= 0.6 is 27.3 Å². The van der Waals surface area contributed by atoms with E-state index in [-0.39, 0.29) is 6.10 Å². The molecule has 0 fully saturated rings. The molecule has 4 heteroatoms. The summed E-state index contributed by atoms with van der Waals surface area (Å²) in [6.07, 6.45) is -0.291. The van der Waals surface area contributed by atoms with Gasteiger partial charge in [0.05, 0.1) is 6.10 Å². The second-order valence-electron chi connectivity index (χ2n) is 3.11. The van der Waals surface area contributed by atoms with Crippen LogP contribution in [0.1, 0.15) is 24.8 Å². The van der Waals surface area contributed by atoms with E-state index in [2.05, 4.69) is 33.6 Å². The number of halogens is 1. The Hall–Kier alpha value is 0.100. The van der Waals surface area contributed by atoms with Crippen molar-refractivity contribution in [3.05, 3.63) is 20.8 Å². The fourth-order valence-corrected chi connectivity index (χ4v) is 2.80. The molecule has 0 amide bonds. The molecule has 0 aliphatic rings. The first kappa shape index (κ1) is 11.2. The van der Waals surface area contributed by atoms with Gasteiger partial charge in [0.2, 0.25) is 0 Å². The van der Waals surface area contributed by atoms with Crippen molar-refractivity contribution in [1.82, 2.24) is 5.32 Å². The summed E-state index contributed by atoms with van der Waals surface area (Å²) in [5.74, 6) is 0. The third kappa shape index (κ3) is 3.38. The number of aliphatic hydroxyl groups excluding tert-OH is 1. The Morgan fingerprint density at radius 1 is 1.62 bits per heavy atom. The molecule has 0 aliphatic heterocycles. The van der Waals surface area contributed by atoms with Gasteiger partial charge in [-0.3, -0.25) is 0 Å². The molecule has 1 heterocycles. The second-order valence-corrected chi connectivity index (χ2v) is 4.91. The van der Waals surface area contributed by atoms with Crippen molar-refractivity contribution in [3.63, 3.8) is 0 Å². The van der Waals surface area contributed by atoms with Gasteiger partial charge < -0.3 is 10.4 Å². The van der Waals surface area contributed by atoms with E-state index >= 15 is 0 Å². The molecule has 0 saturated heterocycles. The monoisotopic (exact) mass is 263 g/mol. The van der Waals surface area contributed by atoms with Crippen LogP contribution < -0.4 is 5.32 Å². The molecular formula is C9H14BrNOS. The van der Waals surface area contributed by atoms with Gasteiger partial charge in [-0.05, 0) is 41.2 Å². The van der Waals surface area contributed by atoms with Crippen molar-refractivity contribution in [2.75, 3.05) is 6.54 Å². The predicted octanol–water partition coefficient (Wildman–Crippen LogP) is 2.54. The summed E-state index contributed by atoms with van der Waals surface area (Å²) >= 11 is 5.20. The van der Waals surface area contributed by atoms with E-state index in [0.717, 1.165) is 4.47 Å². The summed E-state index contributed by atoms with van der Waals surface area (Å²) < 4.78 is 1.14. The van der Waals surface area contributed by atoms with Gasteiger partial charge in [0, 0.05) is 21.9 Å². The average molecular weight is 264 g/mol. The standard InChI is InChI=1S/C9H14BrNOS/c1-6(12)5-11-7(2)9-8(10)3-4-13-9/h3-4,6-7,11-12H,5H2,1-2H3/t6-,7?/m1/s1. The first-order valence-corrected chi connectivity index (χ1v) is 5.93. The predicted molar refractivity (Wildman–Crippen MR) is 60.1 cm³/mol. The molecule has 1 rings (SSSR count). The maximum atomic E-state index is 9.10. The van der Waals surface area contributed by atoms with Crippen molar-refractivity contribution in [2.24, 2.45) is 0 Å². The van der Waals surface area contributed by atoms with Crippen LogP contribution in [-0.2, 0) is 0 Å². The molecule has 13 heavy (non-hydrogen) atoms. The zero-order chi connectivity index (χ0) is 9.84. The maximum absolute atomic E-state index is 9.10. The van der Waals surface area contributed by atoms with Crippen LogP contribution in [0.3, 0.4) is 0 Å². The molecule has 1 aromatic heterocycles. The van der Waals surface area contributed by atoms with E-state index in [1.807, 2.05) is 6.07 Å². The minimum Gasteiger partial charge on any atom is -0.392 e. The quantitative estimate of drug-likeness (QED) is 0.876. The van der Waals surface area contributed by atoms with Crippen LogP contribution in [0.5, 0.6) is 0 Å². The van der Waals surface area contributed by atoms with Crippen LogP contribution in [0.2, 0.25) is 0 Å². The third-order valence-corrected chi connectivity index (χ3v) is 3.81. The first-order valence-electron chi connectivity index (χ1n) is 4.25. The zero-order valence-corrected chi connectivity index (χ0v) is 10.2. The van der Waals surface area contributed by atoms with Gasteiger partial charge in [0.1, 0.15) is 0 Å². The Kier molecular flexibility index (Phi) is 4.38. The lowest BCUT2D eigenvalue weighted by Crippen LogP contribution is -2.26. The number of thiophene rings is 1. The van der Waals surface area contributed by atoms with Crippen molar-refractivity contribution in [3.8, 4) is 0 Å². The van der Waals surface area contributed by atoms with E-state index in [1.165, 1.54) is 4.88 Å². The molecule has 0 bridgehead atoms. The van der Waals surface area contributed by atoms with E-state index in [9.17, 15) is 0 Å². The molecule has 0 radical (unpaired) electrons. The number of nitrogens with one attached hydrogen (secondary N) is 1. The Bertz CT molecular complexity index is 262. The van der Waals surface area contributed by atoms with Gasteiger partial charge >= 0.3 is 0 Å². The molecular weight excluding hydrogens is 250 g/mol. The number of hydrogen-bond acceptors (Lipinski definition) is 3. The van der Waals surface area contributed by atoms with Crippen molar-refractivity contribution in [1.29, 1.82) is 0 Å². The molecule has 0 saturated carbocycles. The van der Waals surface area contributed by atoms with Crippen LogP contribution in [0.25, 0.3) is 0 Å². The maximum Gasteiger partial charge on any atom is 0.0636 e. The normalized spacial score (nSPS) is 15.7. The SMILES string of the molecule is CC(NC[C@@H](C)O)c1sccc1Br. The van der Waals surface area contributed by atoms with Crippen molar-refractivity contribution < 1.29 is 5.11 Å². The topological polar surface area (TPSA) is 32.3 Å². The smallest absolute Gasteiger partial charge is 0.0636 e. The average Bonchev–Trinajstić information content (AvgIpc) is 2.47. The molecule has 2 atom stereocenters. The largest absolute Gasteiger partial charge is 0.392 e. The summed E-state index contributed by atoms with van der Waals surface area (Å²) in [6, 6.07) is 2.34. The minimum absolute atomic E-state index is 0.291. The first-order chi connectivity index (χ1) is 6.11. The molecule has 0 aromatic carbocycles. The summed E-state index contributed by atoms with van der Waals surface area (Å²) in [5.41, 5.74) is 0. The molecule has 1 unspecified atom stereocenters. The van der Waals surface area contributed by atoms with Gasteiger partial charge in [0.25, 0.3) is 0 Å². The third-order valence-electron chi connectivity index (χ3n) is 1.76. The minimum atomic E-state index is -0.291. The van der Waals surface area contributed by atoms with Gasteiger partial charge in [-0.25, -0.2) is 0 Å².